The molecule has 2 N–H and O–H groups in total. The number of ether oxygens (including phenoxy) is 3. The lowest BCUT2D eigenvalue weighted by molar-refractivity contribution is -0.119. The third-order valence-electron chi connectivity index (χ3n) is 4.92. The van der Waals surface area contributed by atoms with E-state index in [4.69, 9.17) is 31.5 Å². The molecule has 2 aromatic rings. The van der Waals surface area contributed by atoms with Crippen molar-refractivity contribution in [2.24, 2.45) is 5.73 Å². The average molecular weight is 433 g/mol. The van der Waals surface area contributed by atoms with Gasteiger partial charge in [-0.25, -0.2) is 0 Å². The number of carbonyl (C=O) groups excluding carboxylic acids is 2. The lowest BCUT2D eigenvalue weighted by Crippen LogP contribution is -2.30. The van der Waals surface area contributed by atoms with Crippen LogP contribution in [0.5, 0.6) is 17.2 Å². The molecule has 1 aliphatic heterocycles. The fraction of sp³-hybridized carbons (Fsp3) is 0.364. The maximum Gasteiger partial charge on any atom is 0.255 e. The number of amides is 2. The summed E-state index contributed by atoms with van der Waals surface area (Å²) in [7, 11) is 1.44. The highest BCUT2D eigenvalue weighted by molar-refractivity contribution is 6.32. The van der Waals surface area contributed by atoms with Crippen LogP contribution in [0.15, 0.2) is 36.4 Å². The lowest BCUT2D eigenvalue weighted by atomic mass is 10.0. The Hall–Kier alpha value is -2.93. The Morgan fingerprint density at radius 1 is 1.20 bits per heavy atom. The highest BCUT2D eigenvalue weighted by Gasteiger charge is 2.31. The van der Waals surface area contributed by atoms with Gasteiger partial charge in [0.05, 0.1) is 24.8 Å². The van der Waals surface area contributed by atoms with Crippen LogP contribution in [0.3, 0.4) is 0 Å². The number of hydrogen-bond donors (Lipinski definition) is 1. The molecule has 0 unspecified atom stereocenters. The summed E-state index contributed by atoms with van der Waals surface area (Å²) in [6.45, 7) is 2.86. The average Bonchev–Trinajstić information content (AvgIpc) is 3.22. The van der Waals surface area contributed by atoms with E-state index in [2.05, 4.69) is 0 Å². The van der Waals surface area contributed by atoms with E-state index in [1.165, 1.54) is 13.2 Å². The third kappa shape index (κ3) is 4.79. The Morgan fingerprint density at radius 3 is 2.57 bits per heavy atom. The topological polar surface area (TPSA) is 91.1 Å². The summed E-state index contributed by atoms with van der Waals surface area (Å²) in [6, 6.07) is 10.9. The van der Waals surface area contributed by atoms with Crippen LogP contribution in [0.4, 0.5) is 0 Å². The van der Waals surface area contributed by atoms with Gasteiger partial charge in [-0.15, -0.1) is 0 Å². The van der Waals surface area contributed by atoms with Crippen LogP contribution in [0.25, 0.3) is 0 Å². The van der Waals surface area contributed by atoms with Gasteiger partial charge in [-0.2, -0.15) is 0 Å². The van der Waals surface area contributed by atoms with Gasteiger partial charge in [0.25, 0.3) is 11.8 Å². The molecule has 0 saturated carbocycles. The number of methoxy groups -OCH3 is 1. The Labute approximate surface area is 180 Å². The standard InChI is InChI=1S/C22H25ClN2O5/c1-3-29-16-8-6-14(7-9-16)18-5-4-10-25(18)22(27)15-11-17(23)21(19(12-15)28-2)30-13-20(24)26/h6-9,11-12,18H,3-5,10,13H2,1-2H3,(H2,24,26)/t18-/m1/s1. The second-order valence-electron chi connectivity index (χ2n) is 6.90. The van der Waals surface area contributed by atoms with Gasteiger partial charge in [0.15, 0.2) is 18.1 Å². The van der Waals surface area contributed by atoms with E-state index in [-0.39, 0.29) is 35.1 Å². The molecule has 7 nitrogen and oxygen atoms in total. The minimum Gasteiger partial charge on any atom is -0.494 e. The quantitative estimate of drug-likeness (QED) is 0.688. The number of hydrogen-bond acceptors (Lipinski definition) is 5. The van der Waals surface area contributed by atoms with E-state index < -0.39 is 5.91 Å². The van der Waals surface area contributed by atoms with Crippen LogP contribution in [-0.2, 0) is 4.79 Å². The molecule has 0 aromatic heterocycles. The predicted octanol–water partition coefficient (Wildman–Crippen LogP) is 3.59. The first kappa shape index (κ1) is 21.8. The Kier molecular flexibility index (Phi) is 7.05. The molecule has 0 spiro atoms. The fourth-order valence-corrected chi connectivity index (χ4v) is 3.87. The maximum absolute atomic E-state index is 13.3. The van der Waals surface area contributed by atoms with Gasteiger partial charge in [-0.05, 0) is 49.6 Å². The van der Waals surface area contributed by atoms with Crippen LogP contribution >= 0.6 is 11.6 Å². The van der Waals surface area contributed by atoms with Crippen molar-refractivity contribution in [3.63, 3.8) is 0 Å². The van der Waals surface area contributed by atoms with Gasteiger partial charge >= 0.3 is 0 Å². The summed E-state index contributed by atoms with van der Waals surface area (Å²) in [6.07, 6.45) is 1.79. The number of rotatable bonds is 8. The van der Waals surface area contributed by atoms with Crippen molar-refractivity contribution in [1.82, 2.24) is 4.90 Å². The molecule has 1 saturated heterocycles. The van der Waals surface area contributed by atoms with Crippen molar-refractivity contribution in [2.45, 2.75) is 25.8 Å². The highest BCUT2D eigenvalue weighted by atomic mass is 35.5. The molecule has 0 bridgehead atoms. The SMILES string of the molecule is CCOc1ccc([C@H]2CCCN2C(=O)c2cc(Cl)c(OCC(N)=O)c(OC)c2)cc1. The Morgan fingerprint density at radius 2 is 1.93 bits per heavy atom. The second-order valence-corrected chi connectivity index (χ2v) is 7.31. The van der Waals surface area contributed by atoms with E-state index in [1.54, 1.807) is 6.07 Å². The van der Waals surface area contributed by atoms with Gasteiger partial charge in [-0.1, -0.05) is 23.7 Å². The normalized spacial score (nSPS) is 15.7. The van der Waals surface area contributed by atoms with Crippen molar-refractivity contribution in [3.05, 3.63) is 52.5 Å². The first-order valence-corrected chi connectivity index (χ1v) is 10.1. The van der Waals surface area contributed by atoms with E-state index >= 15 is 0 Å². The molecule has 3 rings (SSSR count). The van der Waals surface area contributed by atoms with Gasteiger partial charge in [0.1, 0.15) is 5.75 Å². The molecule has 1 fully saturated rings. The van der Waals surface area contributed by atoms with Gasteiger partial charge in [0.2, 0.25) is 0 Å². The van der Waals surface area contributed by atoms with Crippen LogP contribution in [0, 0.1) is 0 Å². The van der Waals surface area contributed by atoms with E-state index in [1.807, 2.05) is 36.1 Å². The first-order valence-electron chi connectivity index (χ1n) is 9.77. The molecule has 0 aliphatic carbocycles. The zero-order chi connectivity index (χ0) is 21.7. The summed E-state index contributed by atoms with van der Waals surface area (Å²) in [5.74, 6) is 0.472. The molecule has 1 heterocycles. The van der Waals surface area contributed by atoms with Crippen LogP contribution in [-0.4, -0.2) is 43.6 Å². The summed E-state index contributed by atoms with van der Waals surface area (Å²) in [4.78, 5) is 26.1. The minimum atomic E-state index is -0.636. The largest absolute Gasteiger partial charge is 0.494 e. The van der Waals surface area contributed by atoms with Crippen molar-refractivity contribution in [3.8, 4) is 17.2 Å². The summed E-state index contributed by atoms with van der Waals surface area (Å²) in [5, 5.41) is 0.177. The number of halogens is 1. The summed E-state index contributed by atoms with van der Waals surface area (Å²) in [5.41, 5.74) is 6.57. The number of benzene rings is 2. The van der Waals surface area contributed by atoms with Gasteiger partial charge < -0.3 is 24.8 Å². The minimum absolute atomic E-state index is 0.0243. The third-order valence-corrected chi connectivity index (χ3v) is 5.21. The molecular weight excluding hydrogens is 408 g/mol. The molecule has 2 aromatic carbocycles. The molecular formula is C22H25ClN2O5. The molecule has 2 amide bonds. The van der Waals surface area contributed by atoms with Crippen molar-refractivity contribution in [2.75, 3.05) is 26.9 Å². The Bertz CT molecular complexity index is 916. The predicted molar refractivity (Wildman–Crippen MR) is 113 cm³/mol. The van der Waals surface area contributed by atoms with Crippen LogP contribution in [0.1, 0.15) is 41.7 Å². The second kappa shape index (κ2) is 9.71. The van der Waals surface area contributed by atoms with Crippen LogP contribution < -0.4 is 19.9 Å². The number of likely N-dealkylation sites (tertiary alicyclic amines) is 1. The summed E-state index contributed by atoms with van der Waals surface area (Å²) >= 11 is 6.31. The number of primary amides is 1. The highest BCUT2D eigenvalue weighted by Crippen LogP contribution is 2.39. The molecule has 1 aliphatic rings. The monoisotopic (exact) mass is 432 g/mol. The van der Waals surface area contributed by atoms with E-state index in [0.717, 1.165) is 24.2 Å². The van der Waals surface area contributed by atoms with Crippen molar-refractivity contribution >= 4 is 23.4 Å². The van der Waals surface area contributed by atoms with Crippen molar-refractivity contribution < 1.29 is 23.8 Å². The first-order chi connectivity index (χ1) is 14.4. The smallest absolute Gasteiger partial charge is 0.255 e. The zero-order valence-electron chi connectivity index (χ0n) is 17.0. The van der Waals surface area contributed by atoms with Crippen LogP contribution in [0.2, 0.25) is 5.02 Å². The van der Waals surface area contributed by atoms with Gasteiger partial charge in [-0.3, -0.25) is 9.59 Å². The van der Waals surface area contributed by atoms with Gasteiger partial charge in [0, 0.05) is 12.1 Å². The summed E-state index contributed by atoms with van der Waals surface area (Å²) < 4.78 is 16.1. The Balaban J connectivity index is 1.84. The zero-order valence-corrected chi connectivity index (χ0v) is 17.8. The van der Waals surface area contributed by atoms with E-state index in [9.17, 15) is 9.59 Å². The molecule has 160 valence electrons. The fourth-order valence-electron chi connectivity index (χ4n) is 3.60. The molecule has 0 radical (unpaired) electrons. The number of carbonyl (C=O) groups is 2. The number of nitrogens with two attached hydrogens (primary N) is 1. The maximum atomic E-state index is 13.3. The van der Waals surface area contributed by atoms with Crippen molar-refractivity contribution in [1.29, 1.82) is 0 Å². The molecule has 1 atom stereocenters. The van der Waals surface area contributed by atoms with E-state index in [0.29, 0.717) is 18.7 Å². The molecule has 30 heavy (non-hydrogen) atoms. The lowest BCUT2D eigenvalue weighted by Gasteiger charge is -2.26. The number of nitrogens with zero attached hydrogens (tertiary/aromatic N) is 1. The molecule has 8 heteroatoms.